The van der Waals surface area contributed by atoms with Gasteiger partial charge in [-0.15, -0.1) is 17.5 Å². The lowest BCUT2D eigenvalue weighted by atomic mass is 10.1. The number of thiazole rings is 1. The van der Waals surface area contributed by atoms with Gasteiger partial charge in [-0.25, -0.2) is 9.67 Å². The van der Waals surface area contributed by atoms with Crippen LogP contribution in [-0.2, 0) is 0 Å². The van der Waals surface area contributed by atoms with Crippen molar-refractivity contribution in [3.63, 3.8) is 0 Å². The van der Waals surface area contributed by atoms with Gasteiger partial charge in [-0.2, -0.15) is 0 Å². The maximum Gasteiger partial charge on any atom is 0.279 e. The zero-order valence-electron chi connectivity index (χ0n) is 14.8. The predicted octanol–water partition coefficient (Wildman–Crippen LogP) is 2.89. The molecule has 2 aromatic heterocycles. The molecule has 1 aliphatic heterocycles. The van der Waals surface area contributed by atoms with E-state index in [1.54, 1.807) is 10.9 Å². The summed E-state index contributed by atoms with van der Waals surface area (Å²) in [5, 5.41) is 14.8. The van der Waals surface area contributed by atoms with Crippen LogP contribution in [0.3, 0.4) is 0 Å². The van der Waals surface area contributed by atoms with Crippen LogP contribution in [0.25, 0.3) is 10.2 Å². The third kappa shape index (κ3) is 4.37. The molecule has 0 aliphatic carbocycles. The fourth-order valence-electron chi connectivity index (χ4n) is 3.01. The van der Waals surface area contributed by atoms with Gasteiger partial charge in [-0.1, -0.05) is 16.6 Å². The number of hydrogen-bond acceptors (Lipinski definition) is 7. The first-order valence-electron chi connectivity index (χ1n) is 8.70. The smallest absolute Gasteiger partial charge is 0.279 e. The lowest BCUT2D eigenvalue weighted by Gasteiger charge is -2.21. The van der Waals surface area contributed by atoms with Gasteiger partial charge in [0.15, 0.2) is 10.8 Å². The standard InChI is InChI=1S/C17H20N6O2S.ClH/c1-2-25-12-3-4-13-15(9-12)26-17(19-13)20-16(24)14-10-23(22-21-14)11-5-7-18-8-6-11;/h3-4,9-11,18H,2,5-8H2,1H3,(H,19,20,24);1H. The highest BCUT2D eigenvalue weighted by Gasteiger charge is 2.19. The molecule has 1 saturated heterocycles. The number of benzene rings is 1. The lowest BCUT2D eigenvalue weighted by molar-refractivity contribution is 0.102. The van der Waals surface area contributed by atoms with Gasteiger partial charge in [0.1, 0.15) is 5.75 Å². The molecular formula is C17H21ClN6O2S. The van der Waals surface area contributed by atoms with Gasteiger partial charge in [-0.05, 0) is 51.1 Å². The fourth-order valence-corrected chi connectivity index (χ4v) is 3.90. The number of amides is 1. The van der Waals surface area contributed by atoms with Gasteiger partial charge < -0.3 is 10.1 Å². The van der Waals surface area contributed by atoms with E-state index in [0.29, 0.717) is 23.5 Å². The molecule has 3 aromatic rings. The number of halogens is 1. The second-order valence-corrected chi connectivity index (χ2v) is 7.13. The van der Waals surface area contributed by atoms with E-state index in [-0.39, 0.29) is 18.3 Å². The molecule has 4 rings (SSSR count). The number of piperidine rings is 1. The van der Waals surface area contributed by atoms with Crippen LogP contribution in [0.2, 0.25) is 0 Å². The largest absolute Gasteiger partial charge is 0.494 e. The number of aromatic nitrogens is 4. The molecule has 144 valence electrons. The quantitative estimate of drug-likeness (QED) is 0.674. The van der Waals surface area contributed by atoms with Crippen molar-refractivity contribution in [3.8, 4) is 5.75 Å². The van der Waals surface area contributed by atoms with Crippen molar-refractivity contribution in [2.45, 2.75) is 25.8 Å². The first kappa shape index (κ1) is 19.5. The molecule has 10 heteroatoms. The van der Waals surface area contributed by atoms with E-state index in [1.165, 1.54) is 11.3 Å². The highest BCUT2D eigenvalue weighted by Crippen LogP contribution is 2.29. The summed E-state index contributed by atoms with van der Waals surface area (Å²) in [4.78, 5) is 16.9. The highest BCUT2D eigenvalue weighted by atomic mass is 35.5. The van der Waals surface area contributed by atoms with Gasteiger partial charge >= 0.3 is 0 Å². The molecule has 1 aliphatic rings. The average Bonchev–Trinajstić information content (AvgIpc) is 3.29. The Balaban J connectivity index is 0.00000210. The Kier molecular flexibility index (Phi) is 6.25. The maximum atomic E-state index is 12.5. The van der Waals surface area contributed by atoms with Gasteiger partial charge in [-0.3, -0.25) is 10.1 Å². The topological polar surface area (TPSA) is 94.0 Å². The maximum absolute atomic E-state index is 12.5. The summed E-state index contributed by atoms with van der Waals surface area (Å²) >= 11 is 1.41. The number of fused-ring (bicyclic) bond motifs is 1. The molecule has 1 amide bonds. The minimum atomic E-state index is -0.297. The van der Waals surface area contributed by atoms with E-state index in [4.69, 9.17) is 4.74 Å². The number of nitrogens with zero attached hydrogens (tertiary/aromatic N) is 4. The van der Waals surface area contributed by atoms with E-state index in [2.05, 4.69) is 25.9 Å². The molecule has 0 bridgehead atoms. The molecule has 1 aromatic carbocycles. The van der Waals surface area contributed by atoms with Crippen molar-refractivity contribution in [1.82, 2.24) is 25.3 Å². The predicted molar refractivity (Wildman–Crippen MR) is 107 cm³/mol. The van der Waals surface area contributed by atoms with Crippen LogP contribution < -0.4 is 15.4 Å². The fraction of sp³-hybridized carbons (Fsp3) is 0.412. The zero-order chi connectivity index (χ0) is 17.9. The second-order valence-electron chi connectivity index (χ2n) is 6.10. The van der Waals surface area contributed by atoms with Crippen LogP contribution in [0.4, 0.5) is 5.13 Å². The lowest BCUT2D eigenvalue weighted by Crippen LogP contribution is -2.29. The summed E-state index contributed by atoms with van der Waals surface area (Å²) in [6.45, 7) is 4.48. The number of ether oxygens (including phenoxy) is 1. The normalized spacial score (nSPS) is 14.7. The van der Waals surface area contributed by atoms with Crippen molar-refractivity contribution >= 4 is 45.0 Å². The van der Waals surface area contributed by atoms with Crippen LogP contribution in [-0.4, -0.2) is 45.6 Å². The summed E-state index contributed by atoms with van der Waals surface area (Å²) in [6, 6.07) is 5.99. The monoisotopic (exact) mass is 408 g/mol. The molecule has 2 N–H and O–H groups in total. The molecule has 0 saturated carbocycles. The van der Waals surface area contributed by atoms with Crippen LogP contribution in [0.5, 0.6) is 5.75 Å². The Labute approximate surface area is 166 Å². The van der Waals surface area contributed by atoms with E-state index in [1.807, 2.05) is 25.1 Å². The summed E-state index contributed by atoms with van der Waals surface area (Å²) < 4.78 is 8.26. The molecule has 0 radical (unpaired) electrons. The van der Waals surface area contributed by atoms with Crippen LogP contribution in [0, 0.1) is 0 Å². The van der Waals surface area contributed by atoms with Crippen LogP contribution in [0.1, 0.15) is 36.3 Å². The van der Waals surface area contributed by atoms with Crippen molar-refractivity contribution < 1.29 is 9.53 Å². The molecule has 0 unspecified atom stereocenters. The van der Waals surface area contributed by atoms with E-state index >= 15 is 0 Å². The average molecular weight is 409 g/mol. The third-order valence-corrected chi connectivity index (χ3v) is 5.25. The Hall–Kier alpha value is -2.23. The van der Waals surface area contributed by atoms with Crippen molar-refractivity contribution in [3.05, 3.63) is 30.1 Å². The van der Waals surface area contributed by atoms with Gasteiger partial charge in [0, 0.05) is 0 Å². The SMILES string of the molecule is CCOc1ccc2nc(NC(=O)c3cn(C4CCNCC4)nn3)sc2c1.Cl. The molecule has 3 heterocycles. The number of carbonyl (C=O) groups is 1. The van der Waals surface area contributed by atoms with Crippen LogP contribution >= 0.6 is 23.7 Å². The minimum absolute atomic E-state index is 0. The summed E-state index contributed by atoms with van der Waals surface area (Å²) in [7, 11) is 0. The summed E-state index contributed by atoms with van der Waals surface area (Å²) in [5.74, 6) is 0.501. The second kappa shape index (κ2) is 8.64. The Morgan fingerprint density at radius 2 is 2.22 bits per heavy atom. The van der Waals surface area contributed by atoms with E-state index < -0.39 is 0 Å². The number of carbonyl (C=O) groups excluding carboxylic acids is 1. The van der Waals surface area contributed by atoms with Crippen LogP contribution in [0.15, 0.2) is 24.4 Å². The van der Waals surface area contributed by atoms with Crippen molar-refractivity contribution in [2.75, 3.05) is 25.0 Å². The molecule has 0 atom stereocenters. The number of rotatable bonds is 5. The highest BCUT2D eigenvalue weighted by molar-refractivity contribution is 7.22. The number of nitrogens with one attached hydrogen (secondary N) is 2. The Morgan fingerprint density at radius 1 is 1.41 bits per heavy atom. The van der Waals surface area contributed by atoms with E-state index in [0.717, 1.165) is 41.9 Å². The van der Waals surface area contributed by atoms with Gasteiger partial charge in [0.25, 0.3) is 5.91 Å². The van der Waals surface area contributed by atoms with E-state index in [9.17, 15) is 4.79 Å². The first-order valence-corrected chi connectivity index (χ1v) is 9.52. The summed E-state index contributed by atoms with van der Waals surface area (Å²) in [5.41, 5.74) is 1.13. The van der Waals surface area contributed by atoms with Gasteiger partial charge in [0.05, 0.1) is 29.1 Å². The molecule has 27 heavy (non-hydrogen) atoms. The molecule has 8 nitrogen and oxygen atoms in total. The number of hydrogen-bond donors (Lipinski definition) is 2. The molecular weight excluding hydrogens is 388 g/mol. The number of anilines is 1. The van der Waals surface area contributed by atoms with Crippen molar-refractivity contribution in [1.29, 1.82) is 0 Å². The minimum Gasteiger partial charge on any atom is -0.494 e. The van der Waals surface area contributed by atoms with Crippen molar-refractivity contribution in [2.24, 2.45) is 0 Å². The third-order valence-electron chi connectivity index (χ3n) is 4.32. The summed E-state index contributed by atoms with van der Waals surface area (Å²) in [6.07, 6.45) is 3.70. The Morgan fingerprint density at radius 3 is 3.00 bits per heavy atom. The van der Waals surface area contributed by atoms with Gasteiger partial charge in [0.2, 0.25) is 0 Å². The Bertz CT molecular complexity index is 921. The molecule has 1 fully saturated rings. The first-order chi connectivity index (χ1) is 12.7. The molecule has 0 spiro atoms. The zero-order valence-corrected chi connectivity index (χ0v) is 16.5.